The van der Waals surface area contributed by atoms with E-state index in [1.54, 1.807) is 0 Å². The number of likely N-dealkylation sites (tertiary alicyclic amines) is 1. The number of aliphatic carboxylic acids is 1. The van der Waals surface area contributed by atoms with Gasteiger partial charge < -0.3 is 14.7 Å². The number of carbonyl (C=O) groups is 2. The van der Waals surface area contributed by atoms with E-state index in [2.05, 4.69) is 0 Å². The Bertz CT molecular complexity index is 395. The molecule has 1 aliphatic carbocycles. The Labute approximate surface area is 119 Å². The molecule has 5 nitrogen and oxygen atoms in total. The topological polar surface area (TPSA) is 66.8 Å². The maximum absolute atomic E-state index is 12.2. The molecular weight excluding hydrogens is 258 g/mol. The summed E-state index contributed by atoms with van der Waals surface area (Å²) in [6, 6.07) is 0. The second-order valence-electron chi connectivity index (χ2n) is 6.53. The summed E-state index contributed by atoms with van der Waals surface area (Å²) >= 11 is 0. The summed E-state index contributed by atoms with van der Waals surface area (Å²) in [4.78, 5) is 25.2. The van der Waals surface area contributed by atoms with E-state index in [1.807, 2.05) is 4.90 Å². The number of carboxylic acids is 1. The fourth-order valence-electron chi connectivity index (χ4n) is 3.74. The molecular formula is C15H23NO4. The number of hydrogen-bond acceptors (Lipinski definition) is 3. The van der Waals surface area contributed by atoms with Crippen molar-refractivity contribution in [2.45, 2.75) is 51.0 Å². The summed E-state index contributed by atoms with van der Waals surface area (Å²) in [6.45, 7) is 2.21. The molecule has 0 aromatic carbocycles. The summed E-state index contributed by atoms with van der Waals surface area (Å²) in [5, 5.41) is 9.07. The van der Waals surface area contributed by atoms with Crippen LogP contribution in [0.1, 0.15) is 44.9 Å². The van der Waals surface area contributed by atoms with Crippen molar-refractivity contribution in [2.24, 2.45) is 11.3 Å². The SMILES string of the molecule is O=C(O)[C@@H]1CC12CCN(C(=O)C[C@@H]1CCCCO1)CC2. The van der Waals surface area contributed by atoms with Crippen LogP contribution < -0.4 is 0 Å². The molecule has 0 aromatic heterocycles. The zero-order valence-electron chi connectivity index (χ0n) is 11.8. The van der Waals surface area contributed by atoms with E-state index in [0.29, 0.717) is 6.42 Å². The van der Waals surface area contributed by atoms with Gasteiger partial charge in [0.2, 0.25) is 5.91 Å². The highest BCUT2D eigenvalue weighted by molar-refractivity contribution is 5.77. The van der Waals surface area contributed by atoms with Gasteiger partial charge in [-0.15, -0.1) is 0 Å². The molecule has 0 bridgehead atoms. The molecule has 2 heterocycles. The Morgan fingerprint density at radius 2 is 2.00 bits per heavy atom. The molecule has 0 radical (unpaired) electrons. The summed E-state index contributed by atoms with van der Waals surface area (Å²) < 4.78 is 5.62. The second-order valence-corrected chi connectivity index (χ2v) is 6.53. The average Bonchev–Trinajstić information content (AvgIpc) is 3.15. The van der Waals surface area contributed by atoms with Crippen LogP contribution in [0.3, 0.4) is 0 Å². The van der Waals surface area contributed by atoms with Gasteiger partial charge in [0.25, 0.3) is 0 Å². The lowest BCUT2D eigenvalue weighted by Crippen LogP contribution is -2.41. The molecule has 2 aliphatic heterocycles. The molecule has 3 aliphatic rings. The minimum atomic E-state index is -0.666. The number of carbonyl (C=O) groups excluding carboxylic acids is 1. The van der Waals surface area contributed by atoms with Crippen LogP contribution in [0.25, 0.3) is 0 Å². The van der Waals surface area contributed by atoms with Crippen LogP contribution in [-0.2, 0) is 14.3 Å². The van der Waals surface area contributed by atoms with Crippen molar-refractivity contribution in [1.29, 1.82) is 0 Å². The lowest BCUT2D eigenvalue weighted by Gasteiger charge is -2.34. The van der Waals surface area contributed by atoms with Crippen molar-refractivity contribution in [3.05, 3.63) is 0 Å². The van der Waals surface area contributed by atoms with E-state index >= 15 is 0 Å². The van der Waals surface area contributed by atoms with Crippen LogP contribution in [0.2, 0.25) is 0 Å². The first-order valence-electron chi connectivity index (χ1n) is 7.73. The third-order valence-corrected chi connectivity index (χ3v) is 5.28. The summed E-state index contributed by atoms with van der Waals surface area (Å²) in [7, 11) is 0. The van der Waals surface area contributed by atoms with Crippen molar-refractivity contribution >= 4 is 11.9 Å². The van der Waals surface area contributed by atoms with Gasteiger partial charge in [0, 0.05) is 19.7 Å². The molecule has 1 amide bonds. The van der Waals surface area contributed by atoms with Gasteiger partial charge in [0.1, 0.15) is 0 Å². The largest absolute Gasteiger partial charge is 0.481 e. The molecule has 20 heavy (non-hydrogen) atoms. The Morgan fingerprint density at radius 1 is 1.25 bits per heavy atom. The van der Waals surface area contributed by atoms with Crippen molar-refractivity contribution in [3.8, 4) is 0 Å². The molecule has 3 fully saturated rings. The Hall–Kier alpha value is -1.10. The van der Waals surface area contributed by atoms with Crippen LogP contribution in [0, 0.1) is 11.3 Å². The maximum Gasteiger partial charge on any atom is 0.307 e. The van der Waals surface area contributed by atoms with E-state index in [1.165, 1.54) is 0 Å². The number of rotatable bonds is 3. The first-order valence-corrected chi connectivity index (χ1v) is 7.73. The monoisotopic (exact) mass is 281 g/mol. The minimum Gasteiger partial charge on any atom is -0.481 e. The zero-order chi connectivity index (χ0) is 14.2. The first kappa shape index (κ1) is 13.9. The van der Waals surface area contributed by atoms with Crippen LogP contribution in [-0.4, -0.2) is 47.7 Å². The Morgan fingerprint density at radius 3 is 2.55 bits per heavy atom. The summed E-state index contributed by atoms with van der Waals surface area (Å²) in [5.41, 5.74) is 0.00392. The highest BCUT2D eigenvalue weighted by atomic mass is 16.5. The third-order valence-electron chi connectivity index (χ3n) is 5.28. The van der Waals surface area contributed by atoms with Crippen molar-refractivity contribution in [3.63, 3.8) is 0 Å². The average molecular weight is 281 g/mol. The third kappa shape index (κ3) is 2.68. The fraction of sp³-hybridized carbons (Fsp3) is 0.867. The molecule has 5 heteroatoms. The second kappa shape index (κ2) is 5.35. The van der Waals surface area contributed by atoms with E-state index in [0.717, 1.165) is 58.2 Å². The number of nitrogens with zero attached hydrogens (tertiary/aromatic N) is 1. The lowest BCUT2D eigenvalue weighted by atomic mass is 9.90. The van der Waals surface area contributed by atoms with E-state index < -0.39 is 5.97 Å². The van der Waals surface area contributed by atoms with E-state index in [-0.39, 0.29) is 23.3 Å². The van der Waals surface area contributed by atoms with Crippen molar-refractivity contribution in [1.82, 2.24) is 4.90 Å². The van der Waals surface area contributed by atoms with Crippen molar-refractivity contribution in [2.75, 3.05) is 19.7 Å². The van der Waals surface area contributed by atoms with E-state index in [9.17, 15) is 9.59 Å². The maximum atomic E-state index is 12.2. The standard InChI is InChI=1S/C15H23NO4/c17-13(9-11-3-1-2-8-20-11)16-6-4-15(5-7-16)10-12(15)14(18)19/h11-12H,1-10H2,(H,18,19)/t11-,12-/m0/s1. The molecule has 0 unspecified atom stereocenters. The number of carboxylic acid groups (broad SMARTS) is 1. The normalized spacial score (nSPS) is 32.1. The summed E-state index contributed by atoms with van der Waals surface area (Å²) in [5.74, 6) is -0.652. The van der Waals surface area contributed by atoms with Crippen LogP contribution >= 0.6 is 0 Å². The zero-order valence-corrected chi connectivity index (χ0v) is 11.8. The smallest absolute Gasteiger partial charge is 0.307 e. The van der Waals surface area contributed by atoms with Gasteiger partial charge >= 0.3 is 5.97 Å². The predicted octanol–water partition coefficient (Wildman–Crippen LogP) is 1.66. The fourth-order valence-corrected chi connectivity index (χ4v) is 3.74. The number of piperidine rings is 1. The van der Waals surface area contributed by atoms with Gasteiger partial charge in [-0.2, -0.15) is 0 Å². The van der Waals surface area contributed by atoms with E-state index in [4.69, 9.17) is 9.84 Å². The van der Waals surface area contributed by atoms with Crippen molar-refractivity contribution < 1.29 is 19.4 Å². The Kier molecular flexibility index (Phi) is 3.71. The molecule has 1 saturated carbocycles. The molecule has 3 rings (SSSR count). The highest BCUT2D eigenvalue weighted by Crippen LogP contribution is 2.59. The number of ether oxygens (including phenoxy) is 1. The van der Waals surface area contributed by atoms with Crippen LogP contribution in [0.15, 0.2) is 0 Å². The quantitative estimate of drug-likeness (QED) is 0.854. The molecule has 0 aromatic rings. The first-order chi connectivity index (χ1) is 9.61. The lowest BCUT2D eigenvalue weighted by molar-refractivity contribution is -0.140. The molecule has 112 valence electrons. The van der Waals surface area contributed by atoms with Gasteiger partial charge in [0.15, 0.2) is 0 Å². The molecule has 2 atom stereocenters. The van der Waals surface area contributed by atoms with Crippen LogP contribution in [0.5, 0.6) is 0 Å². The van der Waals surface area contributed by atoms with Gasteiger partial charge in [-0.25, -0.2) is 0 Å². The number of amides is 1. The highest BCUT2D eigenvalue weighted by Gasteiger charge is 2.59. The van der Waals surface area contributed by atoms with Crippen LogP contribution in [0.4, 0.5) is 0 Å². The minimum absolute atomic E-state index is 0.00392. The molecule has 2 saturated heterocycles. The molecule has 1 N–H and O–H groups in total. The van der Waals surface area contributed by atoms with Gasteiger partial charge in [-0.3, -0.25) is 9.59 Å². The molecule has 1 spiro atoms. The summed E-state index contributed by atoms with van der Waals surface area (Å²) in [6.07, 6.45) is 6.34. The van der Waals surface area contributed by atoms with Gasteiger partial charge in [0.05, 0.1) is 18.4 Å². The number of hydrogen-bond donors (Lipinski definition) is 1. The Balaban J connectivity index is 1.46. The van der Waals surface area contributed by atoms with Gasteiger partial charge in [-0.05, 0) is 43.9 Å². The van der Waals surface area contributed by atoms with Gasteiger partial charge in [-0.1, -0.05) is 0 Å². The predicted molar refractivity (Wildman–Crippen MR) is 72.2 cm³/mol.